The number of aromatic hydroxyl groups is 1. The standard InChI is InChI=1S/C17H15ClN2O3/c1-22-16-9-13-14(10-17(16)23-2)19-7-6-15(13)20(18)11-4-3-5-12(21)8-11/h3-10,21H,1-2H3. The zero-order valence-electron chi connectivity index (χ0n) is 12.7. The summed E-state index contributed by atoms with van der Waals surface area (Å²) in [5.74, 6) is 1.34. The molecular formula is C17H15ClN2O3. The maximum atomic E-state index is 9.64. The summed E-state index contributed by atoms with van der Waals surface area (Å²) in [5.41, 5.74) is 2.10. The number of anilines is 2. The van der Waals surface area contributed by atoms with Crippen molar-refractivity contribution in [1.29, 1.82) is 0 Å². The monoisotopic (exact) mass is 330 g/mol. The smallest absolute Gasteiger partial charge is 0.162 e. The lowest BCUT2D eigenvalue weighted by atomic mass is 10.1. The minimum atomic E-state index is 0.144. The lowest BCUT2D eigenvalue weighted by Crippen LogP contribution is -2.03. The van der Waals surface area contributed by atoms with E-state index in [4.69, 9.17) is 21.3 Å². The molecule has 0 atom stereocenters. The quantitative estimate of drug-likeness (QED) is 0.725. The van der Waals surface area contributed by atoms with E-state index in [9.17, 15) is 5.11 Å². The van der Waals surface area contributed by atoms with Crippen molar-refractivity contribution >= 4 is 34.1 Å². The van der Waals surface area contributed by atoms with Gasteiger partial charge in [-0.05, 0) is 24.3 Å². The number of ether oxygens (including phenoxy) is 2. The lowest BCUT2D eigenvalue weighted by Gasteiger charge is -2.19. The highest BCUT2D eigenvalue weighted by molar-refractivity contribution is 6.31. The molecular weight excluding hydrogens is 316 g/mol. The molecule has 0 amide bonds. The molecule has 0 spiro atoms. The molecule has 3 rings (SSSR count). The van der Waals surface area contributed by atoms with E-state index in [1.165, 1.54) is 4.42 Å². The number of hydrogen-bond donors (Lipinski definition) is 1. The van der Waals surface area contributed by atoms with Gasteiger partial charge in [0.25, 0.3) is 0 Å². The fourth-order valence-electron chi connectivity index (χ4n) is 2.38. The van der Waals surface area contributed by atoms with Crippen molar-refractivity contribution in [3.8, 4) is 17.2 Å². The number of halogens is 1. The number of phenols is 1. The van der Waals surface area contributed by atoms with E-state index < -0.39 is 0 Å². The van der Waals surface area contributed by atoms with Crippen molar-refractivity contribution in [2.75, 3.05) is 18.6 Å². The summed E-state index contributed by atoms with van der Waals surface area (Å²) >= 11 is 6.47. The van der Waals surface area contributed by atoms with E-state index in [0.717, 1.165) is 16.6 Å². The van der Waals surface area contributed by atoms with Gasteiger partial charge in [-0.15, -0.1) is 0 Å². The number of rotatable bonds is 4. The van der Waals surface area contributed by atoms with Gasteiger partial charge in [0, 0.05) is 35.5 Å². The number of pyridine rings is 1. The minimum absolute atomic E-state index is 0.144. The molecule has 2 aromatic carbocycles. The minimum Gasteiger partial charge on any atom is -0.508 e. The number of hydrogen-bond acceptors (Lipinski definition) is 5. The van der Waals surface area contributed by atoms with Crippen LogP contribution in [0.5, 0.6) is 17.2 Å². The summed E-state index contributed by atoms with van der Waals surface area (Å²) in [6.07, 6.45) is 1.67. The van der Waals surface area contributed by atoms with Crippen LogP contribution in [0.3, 0.4) is 0 Å². The van der Waals surface area contributed by atoms with E-state index in [1.807, 2.05) is 6.07 Å². The first kappa shape index (κ1) is 15.2. The molecule has 0 saturated carbocycles. The Morgan fingerprint density at radius 2 is 1.78 bits per heavy atom. The Bertz CT molecular complexity index is 854. The number of methoxy groups -OCH3 is 2. The second kappa shape index (κ2) is 6.22. The fourth-order valence-corrected chi connectivity index (χ4v) is 2.64. The molecule has 23 heavy (non-hydrogen) atoms. The summed E-state index contributed by atoms with van der Waals surface area (Å²) < 4.78 is 12.1. The van der Waals surface area contributed by atoms with Crippen molar-refractivity contribution in [3.05, 3.63) is 48.7 Å². The third kappa shape index (κ3) is 2.83. The average molecular weight is 331 g/mol. The number of benzene rings is 2. The lowest BCUT2D eigenvalue weighted by molar-refractivity contribution is 0.356. The van der Waals surface area contributed by atoms with E-state index in [-0.39, 0.29) is 5.75 Å². The van der Waals surface area contributed by atoms with Crippen LogP contribution in [0.25, 0.3) is 10.9 Å². The van der Waals surface area contributed by atoms with Crippen molar-refractivity contribution in [2.24, 2.45) is 0 Å². The van der Waals surface area contributed by atoms with Crippen LogP contribution >= 0.6 is 11.8 Å². The molecule has 5 nitrogen and oxygen atoms in total. The topological polar surface area (TPSA) is 54.8 Å². The largest absolute Gasteiger partial charge is 0.508 e. The molecule has 6 heteroatoms. The summed E-state index contributed by atoms with van der Waals surface area (Å²) in [5, 5.41) is 10.4. The second-order valence-electron chi connectivity index (χ2n) is 4.86. The Hall–Kier alpha value is -2.66. The average Bonchev–Trinajstić information content (AvgIpc) is 2.59. The Labute approximate surface area is 138 Å². The van der Waals surface area contributed by atoms with Crippen LogP contribution in [0.2, 0.25) is 0 Å². The van der Waals surface area contributed by atoms with Gasteiger partial charge >= 0.3 is 0 Å². The molecule has 118 valence electrons. The molecule has 1 heterocycles. The van der Waals surface area contributed by atoms with Gasteiger partial charge < -0.3 is 14.6 Å². The molecule has 0 aliphatic carbocycles. The van der Waals surface area contributed by atoms with Crippen LogP contribution in [-0.4, -0.2) is 24.3 Å². The number of phenolic OH excluding ortho intramolecular Hbond substituents is 1. The highest BCUT2D eigenvalue weighted by Gasteiger charge is 2.14. The van der Waals surface area contributed by atoms with Crippen molar-refractivity contribution in [2.45, 2.75) is 0 Å². The van der Waals surface area contributed by atoms with E-state index >= 15 is 0 Å². The molecule has 0 aliphatic rings. The second-order valence-corrected chi connectivity index (χ2v) is 5.19. The van der Waals surface area contributed by atoms with E-state index in [1.54, 1.807) is 56.8 Å². The Morgan fingerprint density at radius 3 is 2.48 bits per heavy atom. The molecule has 0 fully saturated rings. The van der Waals surface area contributed by atoms with Gasteiger partial charge in [0.1, 0.15) is 5.75 Å². The highest BCUT2D eigenvalue weighted by atomic mass is 35.5. The first-order valence-corrected chi connectivity index (χ1v) is 7.23. The first-order valence-electron chi connectivity index (χ1n) is 6.89. The number of aromatic nitrogens is 1. The third-order valence-electron chi connectivity index (χ3n) is 3.49. The SMILES string of the molecule is COc1cc2nccc(N(Cl)c3cccc(O)c3)c2cc1OC. The summed E-state index contributed by atoms with van der Waals surface area (Å²) in [6, 6.07) is 12.1. The van der Waals surface area contributed by atoms with Gasteiger partial charge in [0.2, 0.25) is 0 Å². The van der Waals surface area contributed by atoms with Gasteiger partial charge in [0.15, 0.2) is 11.5 Å². The van der Waals surface area contributed by atoms with Gasteiger partial charge in [-0.25, -0.2) is 0 Å². The van der Waals surface area contributed by atoms with Crippen LogP contribution < -0.4 is 13.9 Å². The molecule has 0 aliphatic heterocycles. The molecule has 0 radical (unpaired) electrons. The molecule has 0 saturated heterocycles. The predicted molar refractivity (Wildman–Crippen MR) is 90.9 cm³/mol. The first-order chi connectivity index (χ1) is 11.1. The van der Waals surface area contributed by atoms with Gasteiger partial charge in [-0.1, -0.05) is 6.07 Å². The van der Waals surface area contributed by atoms with Crippen LogP contribution in [0.15, 0.2) is 48.7 Å². The molecule has 1 N–H and O–H groups in total. The van der Waals surface area contributed by atoms with Gasteiger partial charge in [-0.2, -0.15) is 0 Å². The normalized spacial score (nSPS) is 10.6. The third-order valence-corrected chi connectivity index (χ3v) is 3.87. The van der Waals surface area contributed by atoms with E-state index in [0.29, 0.717) is 17.2 Å². The zero-order valence-corrected chi connectivity index (χ0v) is 13.4. The zero-order chi connectivity index (χ0) is 16.4. The van der Waals surface area contributed by atoms with Gasteiger partial charge in [-0.3, -0.25) is 9.40 Å². The molecule has 0 bridgehead atoms. The van der Waals surface area contributed by atoms with Crippen LogP contribution in [0, 0.1) is 0 Å². The Balaban J connectivity index is 2.17. The van der Waals surface area contributed by atoms with Crippen LogP contribution in [0.4, 0.5) is 11.4 Å². The number of nitrogens with zero attached hydrogens (tertiary/aromatic N) is 2. The Kier molecular flexibility index (Phi) is 4.12. The molecule has 1 aromatic heterocycles. The molecule has 3 aromatic rings. The summed E-state index contributed by atoms with van der Waals surface area (Å²) in [6.45, 7) is 0. The van der Waals surface area contributed by atoms with Crippen LogP contribution in [-0.2, 0) is 0 Å². The summed E-state index contributed by atoms with van der Waals surface area (Å²) in [4.78, 5) is 4.35. The highest BCUT2D eigenvalue weighted by Crippen LogP contribution is 2.39. The fraction of sp³-hybridized carbons (Fsp3) is 0.118. The molecule has 0 unspecified atom stereocenters. The Morgan fingerprint density at radius 1 is 1.04 bits per heavy atom. The maximum Gasteiger partial charge on any atom is 0.162 e. The predicted octanol–water partition coefficient (Wildman–Crippen LogP) is 4.25. The number of fused-ring (bicyclic) bond motifs is 1. The van der Waals surface area contributed by atoms with Crippen molar-refractivity contribution in [3.63, 3.8) is 0 Å². The van der Waals surface area contributed by atoms with E-state index in [2.05, 4.69) is 4.98 Å². The maximum absolute atomic E-state index is 9.64. The van der Waals surface area contributed by atoms with Crippen LogP contribution in [0.1, 0.15) is 0 Å². The van der Waals surface area contributed by atoms with Crippen molar-refractivity contribution in [1.82, 2.24) is 4.98 Å². The summed E-state index contributed by atoms with van der Waals surface area (Å²) in [7, 11) is 3.15. The van der Waals surface area contributed by atoms with Gasteiger partial charge in [0.05, 0.1) is 31.1 Å². The van der Waals surface area contributed by atoms with Crippen molar-refractivity contribution < 1.29 is 14.6 Å².